The lowest BCUT2D eigenvalue weighted by molar-refractivity contribution is -0.140. The van der Waals surface area contributed by atoms with Crippen molar-refractivity contribution in [2.75, 3.05) is 7.11 Å². The van der Waals surface area contributed by atoms with Crippen molar-refractivity contribution in [2.45, 2.75) is 97.3 Å². The van der Waals surface area contributed by atoms with Crippen LogP contribution >= 0.6 is 0 Å². The summed E-state index contributed by atoms with van der Waals surface area (Å²) in [5.41, 5.74) is 2.14. The molecule has 3 nitrogen and oxygen atoms in total. The highest BCUT2D eigenvalue weighted by atomic mass is 16.5. The minimum Gasteiger partial charge on any atom is -0.512 e. The molecule has 0 aromatic heterocycles. The number of aliphatic hydroxyl groups is 1. The van der Waals surface area contributed by atoms with Gasteiger partial charge in [0.1, 0.15) is 0 Å². The molecule has 0 heterocycles. The van der Waals surface area contributed by atoms with Crippen LogP contribution in [0.2, 0.25) is 0 Å². The molecule has 0 aromatic carbocycles. The predicted molar refractivity (Wildman–Crippen MR) is 112 cm³/mol. The molecule has 0 bridgehead atoms. The molecular weight excluding hydrogens is 348 g/mol. The average Bonchev–Trinajstić information content (AvgIpc) is 3.01. The van der Waals surface area contributed by atoms with E-state index in [2.05, 4.69) is 13.8 Å². The lowest BCUT2D eigenvalue weighted by Gasteiger charge is -2.58. The third-order valence-corrected chi connectivity index (χ3v) is 9.70. The molecule has 0 radical (unpaired) electrons. The zero-order chi connectivity index (χ0) is 19.9. The van der Waals surface area contributed by atoms with Gasteiger partial charge in [-0.2, -0.15) is 0 Å². The van der Waals surface area contributed by atoms with Gasteiger partial charge in [-0.25, -0.2) is 0 Å². The van der Waals surface area contributed by atoms with Crippen molar-refractivity contribution in [2.24, 2.45) is 34.5 Å². The van der Waals surface area contributed by atoms with Crippen molar-refractivity contribution in [1.82, 2.24) is 0 Å². The van der Waals surface area contributed by atoms with Gasteiger partial charge < -0.3 is 9.84 Å². The zero-order valence-electron chi connectivity index (χ0n) is 18.3. The van der Waals surface area contributed by atoms with E-state index >= 15 is 0 Å². The lowest BCUT2D eigenvalue weighted by atomic mass is 9.47. The quantitative estimate of drug-likeness (QED) is 0.428. The SMILES string of the molecule is COC(=O)CCCC[C@H]1CC[C@H]2[C@@H]3CC(O)=C4CCCC[C@]4(C)[C@H]3CC[C@]12C. The molecule has 0 amide bonds. The highest BCUT2D eigenvalue weighted by Crippen LogP contribution is 2.67. The maximum absolute atomic E-state index is 11.4. The van der Waals surface area contributed by atoms with E-state index < -0.39 is 0 Å². The van der Waals surface area contributed by atoms with Gasteiger partial charge in [0.15, 0.2) is 0 Å². The van der Waals surface area contributed by atoms with Crippen LogP contribution in [0.4, 0.5) is 0 Å². The third kappa shape index (κ3) is 3.21. The van der Waals surface area contributed by atoms with E-state index in [-0.39, 0.29) is 11.4 Å². The van der Waals surface area contributed by atoms with Crippen molar-refractivity contribution in [3.8, 4) is 0 Å². The lowest BCUT2D eigenvalue weighted by Crippen LogP contribution is -2.50. The van der Waals surface area contributed by atoms with Gasteiger partial charge in [-0.05, 0) is 97.9 Å². The molecular formula is C25H40O3. The summed E-state index contributed by atoms with van der Waals surface area (Å²) < 4.78 is 4.78. The molecule has 6 atom stereocenters. The zero-order valence-corrected chi connectivity index (χ0v) is 18.3. The summed E-state index contributed by atoms with van der Waals surface area (Å²) in [7, 11) is 1.48. The van der Waals surface area contributed by atoms with Gasteiger partial charge in [0.25, 0.3) is 0 Å². The minimum absolute atomic E-state index is 0.0722. The average molecular weight is 389 g/mol. The maximum atomic E-state index is 11.4. The van der Waals surface area contributed by atoms with Crippen LogP contribution in [-0.4, -0.2) is 18.2 Å². The van der Waals surface area contributed by atoms with E-state index in [1.165, 1.54) is 64.0 Å². The van der Waals surface area contributed by atoms with Crippen LogP contribution in [0.5, 0.6) is 0 Å². The smallest absolute Gasteiger partial charge is 0.305 e. The van der Waals surface area contributed by atoms with Crippen molar-refractivity contribution >= 4 is 5.97 Å². The Hall–Kier alpha value is -0.990. The second-order valence-corrected chi connectivity index (χ2v) is 10.8. The first-order valence-electron chi connectivity index (χ1n) is 11.9. The molecule has 3 fully saturated rings. The van der Waals surface area contributed by atoms with E-state index in [4.69, 9.17) is 4.74 Å². The van der Waals surface area contributed by atoms with Crippen LogP contribution in [-0.2, 0) is 9.53 Å². The van der Waals surface area contributed by atoms with Gasteiger partial charge in [0.2, 0.25) is 0 Å². The van der Waals surface area contributed by atoms with Gasteiger partial charge >= 0.3 is 5.97 Å². The Balaban J connectivity index is 1.46. The molecule has 4 aliphatic carbocycles. The van der Waals surface area contributed by atoms with Crippen LogP contribution in [0.15, 0.2) is 11.3 Å². The fraction of sp³-hybridized carbons (Fsp3) is 0.880. The van der Waals surface area contributed by atoms with Gasteiger partial charge in [-0.15, -0.1) is 0 Å². The third-order valence-electron chi connectivity index (χ3n) is 9.70. The summed E-state index contributed by atoms with van der Waals surface area (Å²) in [6.07, 6.45) is 15.3. The number of rotatable bonds is 5. The number of methoxy groups -OCH3 is 1. The van der Waals surface area contributed by atoms with Gasteiger partial charge in [0, 0.05) is 12.8 Å². The van der Waals surface area contributed by atoms with E-state index in [9.17, 15) is 9.90 Å². The number of allylic oxidation sites excluding steroid dienone is 2. The summed E-state index contributed by atoms with van der Waals surface area (Å²) in [5, 5.41) is 11.0. The van der Waals surface area contributed by atoms with Crippen molar-refractivity contribution in [3.63, 3.8) is 0 Å². The Morgan fingerprint density at radius 2 is 1.93 bits per heavy atom. The van der Waals surface area contributed by atoms with E-state index in [1.807, 2.05) is 0 Å². The molecule has 4 rings (SSSR count). The standard InChI is InChI=1S/C25H40O3/c1-24-15-13-20-18(16-22(26)21-9-6-7-14-25(20,21)2)19(24)12-11-17(24)8-4-5-10-23(27)28-3/h17-20,26H,4-16H2,1-3H3/t17-,18-,19-,20-,24+,25+/m0/s1. The Bertz CT molecular complexity index is 638. The number of unbranched alkanes of at least 4 members (excludes halogenated alkanes) is 1. The topological polar surface area (TPSA) is 46.5 Å². The van der Waals surface area contributed by atoms with Crippen molar-refractivity contribution in [1.29, 1.82) is 0 Å². The van der Waals surface area contributed by atoms with Crippen LogP contribution in [0, 0.1) is 34.5 Å². The summed E-state index contributed by atoms with van der Waals surface area (Å²) in [6.45, 7) is 5.04. The van der Waals surface area contributed by atoms with Crippen molar-refractivity contribution in [3.05, 3.63) is 11.3 Å². The summed E-state index contributed by atoms with van der Waals surface area (Å²) in [4.78, 5) is 11.4. The fourth-order valence-corrected chi connectivity index (χ4v) is 8.17. The molecule has 3 saturated carbocycles. The van der Waals surface area contributed by atoms with Crippen LogP contribution < -0.4 is 0 Å². The second kappa shape index (κ2) is 7.69. The minimum atomic E-state index is -0.0722. The van der Waals surface area contributed by atoms with E-state index in [0.717, 1.165) is 49.2 Å². The highest BCUT2D eigenvalue weighted by Gasteiger charge is 2.59. The number of aliphatic hydroxyl groups excluding tert-OH is 1. The first-order chi connectivity index (χ1) is 13.4. The second-order valence-electron chi connectivity index (χ2n) is 10.8. The number of fused-ring (bicyclic) bond motifs is 5. The van der Waals surface area contributed by atoms with Crippen molar-refractivity contribution < 1.29 is 14.6 Å². The first kappa shape index (κ1) is 20.3. The molecule has 28 heavy (non-hydrogen) atoms. The van der Waals surface area contributed by atoms with Crippen LogP contribution in [0.25, 0.3) is 0 Å². The van der Waals surface area contributed by atoms with E-state index in [0.29, 0.717) is 17.8 Å². The number of hydrogen-bond acceptors (Lipinski definition) is 3. The molecule has 0 saturated heterocycles. The summed E-state index contributed by atoms with van der Waals surface area (Å²) in [6, 6.07) is 0. The van der Waals surface area contributed by atoms with Gasteiger partial charge in [-0.3, -0.25) is 4.79 Å². The number of esters is 1. The molecule has 158 valence electrons. The molecule has 0 aromatic rings. The van der Waals surface area contributed by atoms with Gasteiger partial charge in [0.05, 0.1) is 12.9 Å². The predicted octanol–water partition coefficient (Wildman–Crippen LogP) is 6.57. The number of hydrogen-bond donors (Lipinski definition) is 1. The molecule has 1 N–H and O–H groups in total. The number of carbonyl (C=O) groups excluding carboxylic acids is 1. The first-order valence-corrected chi connectivity index (χ1v) is 11.9. The highest BCUT2D eigenvalue weighted by molar-refractivity contribution is 5.68. The largest absolute Gasteiger partial charge is 0.512 e. The monoisotopic (exact) mass is 388 g/mol. The van der Waals surface area contributed by atoms with Crippen LogP contribution in [0.1, 0.15) is 97.3 Å². The maximum Gasteiger partial charge on any atom is 0.305 e. The number of carbonyl (C=O) groups is 1. The Morgan fingerprint density at radius 3 is 2.71 bits per heavy atom. The molecule has 3 heteroatoms. The Morgan fingerprint density at radius 1 is 1.11 bits per heavy atom. The van der Waals surface area contributed by atoms with Gasteiger partial charge in [-0.1, -0.05) is 26.7 Å². The molecule has 0 unspecified atom stereocenters. The Labute approximate surface area is 171 Å². The summed E-state index contributed by atoms with van der Waals surface area (Å²) >= 11 is 0. The fourth-order valence-electron chi connectivity index (χ4n) is 8.17. The normalized spacial score (nSPS) is 42.5. The van der Waals surface area contributed by atoms with Crippen LogP contribution in [0.3, 0.4) is 0 Å². The molecule has 0 aliphatic heterocycles. The van der Waals surface area contributed by atoms with E-state index in [1.54, 1.807) is 0 Å². The summed E-state index contributed by atoms with van der Waals surface area (Å²) in [5.74, 6) is 3.74. The molecule has 4 aliphatic rings. The molecule has 0 spiro atoms. The Kier molecular flexibility index (Phi) is 5.57. The number of ether oxygens (including phenoxy) is 1.